The highest BCUT2D eigenvalue weighted by molar-refractivity contribution is 5.76. The quantitative estimate of drug-likeness (QED) is 0.501. The Morgan fingerprint density at radius 1 is 1.50 bits per heavy atom. The first-order valence-electron chi connectivity index (χ1n) is 4.95. The third kappa shape index (κ3) is 7.75. The molecule has 0 heterocycles. The minimum absolute atomic E-state index is 0.292. The van der Waals surface area contributed by atoms with Crippen LogP contribution in [0.2, 0.25) is 0 Å². The molecule has 0 aromatic rings. The van der Waals surface area contributed by atoms with E-state index in [1.807, 2.05) is 0 Å². The zero-order valence-electron chi connectivity index (χ0n) is 9.91. The molecule has 0 saturated heterocycles. The van der Waals surface area contributed by atoms with Gasteiger partial charge in [0.15, 0.2) is 0 Å². The number of alkyl carbamates (subject to hydrolysis) is 1. The molecule has 90 valence electrons. The molecule has 0 aliphatic carbocycles. The van der Waals surface area contributed by atoms with E-state index in [9.17, 15) is 4.79 Å². The highest BCUT2D eigenvalue weighted by atomic mass is 16.6. The zero-order valence-corrected chi connectivity index (χ0v) is 9.91. The molecule has 0 atom stereocenters. The van der Waals surface area contributed by atoms with Crippen molar-refractivity contribution in [3.05, 3.63) is 23.9 Å². The lowest BCUT2D eigenvalue weighted by molar-refractivity contribution is 0.0552. The minimum Gasteiger partial charge on any atom is -0.444 e. The Hall–Kier alpha value is -1.62. The van der Waals surface area contributed by atoms with Gasteiger partial charge in [0.1, 0.15) is 5.60 Å². The lowest BCUT2D eigenvalue weighted by Crippen LogP contribution is -2.29. The molecule has 0 saturated carbocycles. The standard InChI is InChI=1S/C11H19N3O2/c1-11(2,3)16-10(15)14-6-4-5-9(7-12)8-13/h4-7,12H,8,13H2,1-3H3,(H,14,15)/b6-4+,9-5+,12-7?. The van der Waals surface area contributed by atoms with Gasteiger partial charge in [-0.15, -0.1) is 0 Å². The lowest BCUT2D eigenvalue weighted by atomic mass is 10.2. The molecule has 0 spiro atoms. The van der Waals surface area contributed by atoms with Crippen molar-refractivity contribution in [3.8, 4) is 0 Å². The molecule has 4 N–H and O–H groups in total. The molecular weight excluding hydrogens is 206 g/mol. The van der Waals surface area contributed by atoms with Gasteiger partial charge in [-0.3, -0.25) is 5.32 Å². The fourth-order valence-electron chi connectivity index (χ4n) is 0.770. The largest absolute Gasteiger partial charge is 0.444 e. The number of rotatable bonds is 4. The van der Waals surface area contributed by atoms with Gasteiger partial charge in [0.05, 0.1) is 0 Å². The van der Waals surface area contributed by atoms with E-state index >= 15 is 0 Å². The van der Waals surface area contributed by atoms with E-state index in [1.165, 1.54) is 6.20 Å². The van der Waals surface area contributed by atoms with Gasteiger partial charge < -0.3 is 15.9 Å². The van der Waals surface area contributed by atoms with Crippen molar-refractivity contribution in [1.82, 2.24) is 5.32 Å². The molecular formula is C11H19N3O2. The molecule has 16 heavy (non-hydrogen) atoms. The Balaban J connectivity index is 4.06. The Morgan fingerprint density at radius 2 is 2.12 bits per heavy atom. The van der Waals surface area contributed by atoms with Crippen molar-refractivity contribution in [1.29, 1.82) is 5.41 Å². The Kier molecular flexibility index (Phi) is 6.10. The molecule has 0 aliphatic heterocycles. The SMILES string of the molecule is CC(C)(C)OC(=O)N/C=C/C=C(\C=N)CN. The molecule has 0 fully saturated rings. The van der Waals surface area contributed by atoms with Crippen LogP contribution in [-0.2, 0) is 4.74 Å². The summed E-state index contributed by atoms with van der Waals surface area (Å²) in [7, 11) is 0. The van der Waals surface area contributed by atoms with Crippen LogP contribution in [0.4, 0.5) is 4.79 Å². The molecule has 0 unspecified atom stereocenters. The van der Waals surface area contributed by atoms with Gasteiger partial charge >= 0.3 is 6.09 Å². The summed E-state index contributed by atoms with van der Waals surface area (Å²) in [6, 6.07) is 0. The number of nitrogens with one attached hydrogen (secondary N) is 2. The predicted octanol–water partition coefficient (Wildman–Crippen LogP) is 1.56. The maximum Gasteiger partial charge on any atom is 0.411 e. The number of hydrogen-bond acceptors (Lipinski definition) is 4. The van der Waals surface area contributed by atoms with E-state index in [0.717, 1.165) is 6.21 Å². The first kappa shape index (κ1) is 14.4. The fraction of sp³-hybridized carbons (Fsp3) is 0.455. The molecule has 0 rings (SSSR count). The van der Waals surface area contributed by atoms with Gasteiger partial charge in [0.25, 0.3) is 0 Å². The molecule has 1 amide bonds. The Morgan fingerprint density at radius 3 is 2.56 bits per heavy atom. The monoisotopic (exact) mass is 225 g/mol. The number of carbonyl (C=O) groups is 1. The molecule has 5 heteroatoms. The summed E-state index contributed by atoms with van der Waals surface area (Å²) < 4.78 is 5.01. The molecule has 0 aliphatic rings. The van der Waals surface area contributed by atoms with E-state index in [2.05, 4.69) is 5.32 Å². The predicted molar refractivity (Wildman–Crippen MR) is 64.4 cm³/mol. The van der Waals surface area contributed by atoms with Gasteiger partial charge in [-0.1, -0.05) is 6.08 Å². The van der Waals surface area contributed by atoms with Gasteiger partial charge in [-0.25, -0.2) is 4.79 Å². The molecule has 5 nitrogen and oxygen atoms in total. The van der Waals surface area contributed by atoms with Crippen LogP contribution in [-0.4, -0.2) is 24.5 Å². The van der Waals surface area contributed by atoms with E-state index in [-0.39, 0.29) is 0 Å². The molecule has 0 aromatic heterocycles. The van der Waals surface area contributed by atoms with E-state index < -0.39 is 11.7 Å². The molecule has 0 bridgehead atoms. The second kappa shape index (κ2) is 6.79. The van der Waals surface area contributed by atoms with Crippen LogP contribution < -0.4 is 11.1 Å². The summed E-state index contributed by atoms with van der Waals surface area (Å²) in [6.45, 7) is 5.66. The first-order valence-corrected chi connectivity index (χ1v) is 4.95. The first-order chi connectivity index (χ1) is 7.39. The van der Waals surface area contributed by atoms with Crippen LogP contribution in [0.15, 0.2) is 23.9 Å². The van der Waals surface area contributed by atoms with Crippen LogP contribution in [0.1, 0.15) is 20.8 Å². The van der Waals surface area contributed by atoms with Crippen LogP contribution in [0.5, 0.6) is 0 Å². The second-order valence-electron chi connectivity index (χ2n) is 4.10. The Labute approximate surface area is 95.9 Å². The highest BCUT2D eigenvalue weighted by Gasteiger charge is 2.14. The number of nitrogens with two attached hydrogens (primary N) is 1. The van der Waals surface area contributed by atoms with Crippen molar-refractivity contribution in [2.45, 2.75) is 26.4 Å². The highest BCUT2D eigenvalue weighted by Crippen LogP contribution is 2.06. The fourth-order valence-corrected chi connectivity index (χ4v) is 0.770. The summed E-state index contributed by atoms with van der Waals surface area (Å²) in [5, 5.41) is 9.42. The van der Waals surface area contributed by atoms with E-state index in [1.54, 1.807) is 32.9 Å². The zero-order chi connectivity index (χ0) is 12.6. The van der Waals surface area contributed by atoms with Crippen molar-refractivity contribution in [3.63, 3.8) is 0 Å². The van der Waals surface area contributed by atoms with Gasteiger partial charge in [0, 0.05) is 19.0 Å². The van der Waals surface area contributed by atoms with Crippen molar-refractivity contribution >= 4 is 12.3 Å². The summed E-state index contributed by atoms with van der Waals surface area (Å²) >= 11 is 0. The van der Waals surface area contributed by atoms with Crippen molar-refractivity contribution in [2.24, 2.45) is 5.73 Å². The van der Waals surface area contributed by atoms with E-state index in [0.29, 0.717) is 12.1 Å². The topological polar surface area (TPSA) is 88.2 Å². The maximum absolute atomic E-state index is 11.2. The van der Waals surface area contributed by atoms with Gasteiger partial charge in [-0.05, 0) is 32.4 Å². The summed E-state index contributed by atoms with van der Waals surface area (Å²) in [5.41, 5.74) is 5.50. The number of hydrogen-bond donors (Lipinski definition) is 3. The average molecular weight is 225 g/mol. The summed E-state index contributed by atoms with van der Waals surface area (Å²) in [4.78, 5) is 11.2. The third-order valence-electron chi connectivity index (χ3n) is 1.43. The number of ether oxygens (including phenoxy) is 1. The van der Waals surface area contributed by atoms with Gasteiger partial charge in [-0.2, -0.15) is 0 Å². The summed E-state index contributed by atoms with van der Waals surface area (Å²) in [5.74, 6) is 0. The third-order valence-corrected chi connectivity index (χ3v) is 1.43. The number of allylic oxidation sites excluding steroid dienone is 2. The summed E-state index contributed by atoms with van der Waals surface area (Å²) in [6.07, 6.45) is 5.33. The number of carbonyl (C=O) groups excluding carboxylic acids is 1. The lowest BCUT2D eigenvalue weighted by Gasteiger charge is -2.18. The van der Waals surface area contributed by atoms with Crippen molar-refractivity contribution in [2.75, 3.05) is 6.54 Å². The smallest absolute Gasteiger partial charge is 0.411 e. The van der Waals surface area contributed by atoms with Crippen LogP contribution in [0.25, 0.3) is 0 Å². The molecule has 0 radical (unpaired) electrons. The van der Waals surface area contributed by atoms with Crippen LogP contribution >= 0.6 is 0 Å². The minimum atomic E-state index is -0.513. The number of amides is 1. The maximum atomic E-state index is 11.2. The van der Waals surface area contributed by atoms with Crippen molar-refractivity contribution < 1.29 is 9.53 Å². The van der Waals surface area contributed by atoms with E-state index in [4.69, 9.17) is 15.9 Å². The molecule has 0 aromatic carbocycles. The van der Waals surface area contributed by atoms with Gasteiger partial charge in [0.2, 0.25) is 0 Å². The van der Waals surface area contributed by atoms with Crippen LogP contribution in [0, 0.1) is 5.41 Å². The Bertz CT molecular complexity index is 301. The normalized spacial score (nSPS) is 12.6. The van der Waals surface area contributed by atoms with Crippen LogP contribution in [0.3, 0.4) is 0 Å². The average Bonchev–Trinajstić information content (AvgIpc) is 2.15. The second-order valence-corrected chi connectivity index (χ2v) is 4.10.